The predicted octanol–water partition coefficient (Wildman–Crippen LogP) is 3.95. The Balaban J connectivity index is 1.58. The first-order valence-electron chi connectivity index (χ1n) is 12.2. The van der Waals surface area contributed by atoms with Crippen molar-refractivity contribution in [3.05, 3.63) is 96.1 Å². The first-order chi connectivity index (χ1) is 17.4. The van der Waals surface area contributed by atoms with E-state index in [-0.39, 0.29) is 12.4 Å². The lowest BCUT2D eigenvalue weighted by atomic mass is 10.0. The van der Waals surface area contributed by atoms with Gasteiger partial charge in [0, 0.05) is 6.42 Å². The Bertz CT molecular complexity index is 1120. The number of amides is 1. The molecule has 0 fully saturated rings. The van der Waals surface area contributed by atoms with Gasteiger partial charge in [0.15, 0.2) is 0 Å². The zero-order valence-corrected chi connectivity index (χ0v) is 20.4. The van der Waals surface area contributed by atoms with E-state index in [0.29, 0.717) is 32.1 Å². The SMILES string of the molecule is N=C(N)CCCC[C@H](NC(=O)[C@@H](N)Cc1ccccc1)C(=O)OCc1ccc(-c2ccccc2)cc1. The predicted molar refractivity (Wildman–Crippen MR) is 142 cm³/mol. The minimum Gasteiger partial charge on any atom is -0.459 e. The van der Waals surface area contributed by atoms with E-state index in [0.717, 1.165) is 22.3 Å². The third-order valence-electron chi connectivity index (χ3n) is 5.87. The van der Waals surface area contributed by atoms with Crippen LogP contribution in [0.3, 0.4) is 0 Å². The third-order valence-corrected chi connectivity index (χ3v) is 5.87. The Labute approximate surface area is 212 Å². The van der Waals surface area contributed by atoms with Crippen LogP contribution in [0.5, 0.6) is 0 Å². The van der Waals surface area contributed by atoms with Crippen molar-refractivity contribution < 1.29 is 14.3 Å². The minimum absolute atomic E-state index is 0.0991. The van der Waals surface area contributed by atoms with Gasteiger partial charge in [-0.25, -0.2) is 4.79 Å². The molecule has 0 spiro atoms. The fourth-order valence-electron chi connectivity index (χ4n) is 3.83. The number of unbranched alkanes of at least 4 members (excludes halogenated alkanes) is 1. The Kier molecular flexibility index (Phi) is 10.2. The topological polar surface area (TPSA) is 131 Å². The van der Waals surface area contributed by atoms with Gasteiger partial charge in [-0.15, -0.1) is 0 Å². The summed E-state index contributed by atoms with van der Waals surface area (Å²) in [6.07, 6.45) is 2.44. The first-order valence-corrected chi connectivity index (χ1v) is 12.2. The molecule has 6 N–H and O–H groups in total. The molecule has 0 aliphatic carbocycles. The molecule has 7 heteroatoms. The van der Waals surface area contributed by atoms with Gasteiger partial charge >= 0.3 is 5.97 Å². The average molecular weight is 487 g/mol. The molecule has 2 atom stereocenters. The van der Waals surface area contributed by atoms with Gasteiger partial charge < -0.3 is 21.5 Å². The van der Waals surface area contributed by atoms with Crippen LogP contribution in [-0.4, -0.2) is 29.8 Å². The molecule has 3 aromatic carbocycles. The Morgan fingerprint density at radius 3 is 2.08 bits per heavy atom. The van der Waals surface area contributed by atoms with Gasteiger partial charge in [0.2, 0.25) is 5.91 Å². The van der Waals surface area contributed by atoms with Crippen molar-refractivity contribution in [3.8, 4) is 11.1 Å². The fourth-order valence-corrected chi connectivity index (χ4v) is 3.83. The molecule has 0 unspecified atom stereocenters. The van der Waals surface area contributed by atoms with E-state index >= 15 is 0 Å². The van der Waals surface area contributed by atoms with Crippen molar-refractivity contribution in [2.45, 2.75) is 50.8 Å². The maximum Gasteiger partial charge on any atom is 0.328 e. The quantitative estimate of drug-likeness (QED) is 0.126. The van der Waals surface area contributed by atoms with Crippen molar-refractivity contribution in [1.82, 2.24) is 5.32 Å². The molecule has 3 aromatic rings. The van der Waals surface area contributed by atoms with E-state index in [2.05, 4.69) is 5.32 Å². The summed E-state index contributed by atoms with van der Waals surface area (Å²) in [5.41, 5.74) is 15.5. The number of esters is 1. The van der Waals surface area contributed by atoms with Crippen LogP contribution in [0.2, 0.25) is 0 Å². The number of carbonyl (C=O) groups excluding carboxylic acids is 2. The zero-order chi connectivity index (χ0) is 25.8. The van der Waals surface area contributed by atoms with Crippen molar-refractivity contribution in [3.63, 3.8) is 0 Å². The Morgan fingerprint density at radius 1 is 0.833 bits per heavy atom. The van der Waals surface area contributed by atoms with Crippen LogP contribution in [0, 0.1) is 5.41 Å². The van der Waals surface area contributed by atoms with Gasteiger partial charge in [-0.3, -0.25) is 10.2 Å². The zero-order valence-electron chi connectivity index (χ0n) is 20.4. The van der Waals surface area contributed by atoms with Crippen molar-refractivity contribution in [2.24, 2.45) is 11.5 Å². The molecule has 7 nitrogen and oxygen atoms in total. The Hall–Kier alpha value is -3.97. The highest BCUT2D eigenvalue weighted by Crippen LogP contribution is 2.19. The number of amidine groups is 1. The summed E-state index contributed by atoms with van der Waals surface area (Å²) < 4.78 is 5.55. The second kappa shape index (κ2) is 13.8. The molecule has 0 aromatic heterocycles. The number of nitrogens with one attached hydrogen (secondary N) is 2. The molecule has 0 saturated heterocycles. The normalized spacial score (nSPS) is 12.4. The number of hydrogen-bond donors (Lipinski definition) is 4. The van der Waals surface area contributed by atoms with Crippen LogP contribution in [0.4, 0.5) is 0 Å². The third kappa shape index (κ3) is 8.67. The molecule has 0 bridgehead atoms. The second-order valence-electron chi connectivity index (χ2n) is 8.80. The summed E-state index contributed by atoms with van der Waals surface area (Å²) in [5, 5.41) is 10.1. The van der Waals surface area contributed by atoms with E-state index < -0.39 is 24.0 Å². The Morgan fingerprint density at radius 2 is 1.44 bits per heavy atom. The minimum atomic E-state index is -0.824. The smallest absolute Gasteiger partial charge is 0.328 e. The van der Waals surface area contributed by atoms with Gasteiger partial charge in [0.25, 0.3) is 0 Å². The molecule has 188 valence electrons. The number of hydrogen-bond acceptors (Lipinski definition) is 5. The number of rotatable bonds is 13. The van der Waals surface area contributed by atoms with E-state index in [1.165, 1.54) is 0 Å². The maximum atomic E-state index is 12.9. The van der Waals surface area contributed by atoms with Crippen LogP contribution < -0.4 is 16.8 Å². The average Bonchev–Trinajstić information content (AvgIpc) is 2.90. The van der Waals surface area contributed by atoms with E-state index in [9.17, 15) is 9.59 Å². The number of nitrogens with two attached hydrogens (primary N) is 2. The summed E-state index contributed by atoms with van der Waals surface area (Å²) in [6, 6.07) is 25.7. The van der Waals surface area contributed by atoms with Gasteiger partial charge in [-0.2, -0.15) is 0 Å². The highest BCUT2D eigenvalue weighted by atomic mass is 16.5. The van der Waals surface area contributed by atoms with E-state index in [1.807, 2.05) is 84.9 Å². The van der Waals surface area contributed by atoms with Crippen LogP contribution >= 0.6 is 0 Å². The van der Waals surface area contributed by atoms with Crippen molar-refractivity contribution >= 4 is 17.7 Å². The van der Waals surface area contributed by atoms with Crippen LogP contribution in [0.15, 0.2) is 84.9 Å². The van der Waals surface area contributed by atoms with E-state index in [1.54, 1.807) is 0 Å². The first kappa shape index (κ1) is 26.6. The summed E-state index contributed by atoms with van der Waals surface area (Å²) >= 11 is 0. The van der Waals surface area contributed by atoms with Crippen LogP contribution in [0.25, 0.3) is 11.1 Å². The highest BCUT2D eigenvalue weighted by Gasteiger charge is 2.25. The number of benzene rings is 3. The van der Waals surface area contributed by atoms with Crippen molar-refractivity contribution in [2.75, 3.05) is 0 Å². The molecule has 36 heavy (non-hydrogen) atoms. The summed E-state index contributed by atoms with van der Waals surface area (Å²) in [7, 11) is 0. The van der Waals surface area contributed by atoms with E-state index in [4.69, 9.17) is 21.6 Å². The molecule has 1 amide bonds. The van der Waals surface area contributed by atoms with Gasteiger partial charge in [0.1, 0.15) is 12.6 Å². The second-order valence-corrected chi connectivity index (χ2v) is 8.80. The lowest BCUT2D eigenvalue weighted by molar-refractivity contribution is -0.149. The molecular formula is C29H34N4O3. The molecule has 0 heterocycles. The van der Waals surface area contributed by atoms with Crippen molar-refractivity contribution in [1.29, 1.82) is 5.41 Å². The summed E-state index contributed by atoms with van der Waals surface area (Å²) in [5.74, 6) is -0.813. The van der Waals surface area contributed by atoms with Gasteiger partial charge in [-0.1, -0.05) is 91.3 Å². The lowest BCUT2D eigenvalue weighted by Crippen LogP contribution is -2.49. The molecule has 3 rings (SSSR count). The molecule has 0 aliphatic heterocycles. The largest absolute Gasteiger partial charge is 0.459 e. The van der Waals surface area contributed by atoms with Crippen LogP contribution in [-0.2, 0) is 27.4 Å². The number of carbonyl (C=O) groups is 2. The lowest BCUT2D eigenvalue weighted by Gasteiger charge is -2.20. The number of ether oxygens (including phenoxy) is 1. The molecule has 0 saturated carbocycles. The van der Waals surface area contributed by atoms with Gasteiger partial charge in [-0.05, 0) is 41.5 Å². The molecular weight excluding hydrogens is 452 g/mol. The summed E-state index contributed by atoms with van der Waals surface area (Å²) in [4.78, 5) is 25.7. The van der Waals surface area contributed by atoms with Crippen LogP contribution in [0.1, 0.15) is 36.8 Å². The van der Waals surface area contributed by atoms with Gasteiger partial charge in [0.05, 0.1) is 11.9 Å². The summed E-state index contributed by atoms with van der Waals surface area (Å²) in [6.45, 7) is 0.101. The maximum absolute atomic E-state index is 12.9. The molecule has 0 aliphatic rings. The highest BCUT2D eigenvalue weighted by molar-refractivity contribution is 5.87. The standard InChI is InChI=1S/C29H34N4O3/c30-25(19-21-9-3-1-4-10-21)28(34)33-26(13-7-8-14-27(31)32)29(35)36-20-22-15-17-24(18-16-22)23-11-5-2-6-12-23/h1-6,9-12,15-18,25-26H,7-8,13-14,19-20,30H2,(H3,31,32)(H,33,34)/t25-,26-/m0/s1. The fraction of sp³-hybridized carbons (Fsp3) is 0.276. The monoisotopic (exact) mass is 486 g/mol. The molecule has 0 radical (unpaired) electrons.